The number of anilines is 1. The predicted molar refractivity (Wildman–Crippen MR) is 86.0 cm³/mol. The molecule has 118 valence electrons. The molecule has 1 saturated carbocycles. The van der Waals surface area contributed by atoms with Crippen LogP contribution in [0.4, 0.5) is 10.5 Å². The second kappa shape index (κ2) is 5.99. The lowest BCUT2D eigenvalue weighted by Crippen LogP contribution is -2.51. The first-order valence-electron chi connectivity index (χ1n) is 8.02. The number of benzene rings is 1. The van der Waals surface area contributed by atoms with Gasteiger partial charge in [-0.05, 0) is 51.2 Å². The van der Waals surface area contributed by atoms with Gasteiger partial charge in [-0.15, -0.1) is 0 Å². The maximum absolute atomic E-state index is 12.3. The summed E-state index contributed by atoms with van der Waals surface area (Å²) in [4.78, 5) is 26.1. The molecule has 0 radical (unpaired) electrons. The number of hydrogen-bond acceptors (Lipinski definition) is 3. The van der Waals surface area contributed by atoms with E-state index in [1.807, 2.05) is 6.92 Å². The number of nitrogens with zero attached hydrogens (tertiary/aromatic N) is 1. The number of imide groups is 1. The normalized spacial score (nSPS) is 18.4. The van der Waals surface area contributed by atoms with Gasteiger partial charge in [-0.3, -0.25) is 10.1 Å². The van der Waals surface area contributed by atoms with Crippen LogP contribution in [-0.4, -0.2) is 30.6 Å². The predicted octanol–water partition coefficient (Wildman–Crippen LogP) is 2.12. The average Bonchev–Trinajstić information content (AvgIpc) is 3.29. The van der Waals surface area contributed by atoms with Crippen molar-refractivity contribution < 1.29 is 9.59 Å². The van der Waals surface area contributed by atoms with Gasteiger partial charge in [-0.25, -0.2) is 4.79 Å². The summed E-state index contributed by atoms with van der Waals surface area (Å²) in [7, 11) is 0. The molecule has 5 heteroatoms. The summed E-state index contributed by atoms with van der Waals surface area (Å²) in [5, 5.41) is 5.24. The Bertz CT molecular complexity index is 596. The molecule has 22 heavy (non-hydrogen) atoms. The minimum Gasteiger partial charge on any atom is -0.360 e. The molecule has 2 aliphatic rings. The van der Waals surface area contributed by atoms with Crippen LogP contribution in [0.5, 0.6) is 0 Å². The molecule has 0 aromatic heterocycles. The number of urea groups is 1. The highest BCUT2D eigenvalue weighted by Gasteiger charge is 2.28. The van der Waals surface area contributed by atoms with Gasteiger partial charge in [0, 0.05) is 18.3 Å². The second-order valence-electron chi connectivity index (χ2n) is 6.34. The van der Waals surface area contributed by atoms with E-state index in [9.17, 15) is 9.59 Å². The Morgan fingerprint density at radius 1 is 1.32 bits per heavy atom. The number of aryl methyl sites for hydroxylation is 2. The number of carbonyl (C=O) groups excluding carboxylic acids is 2. The molecule has 1 fully saturated rings. The summed E-state index contributed by atoms with van der Waals surface area (Å²) in [6.45, 7) is 4.78. The van der Waals surface area contributed by atoms with Crippen molar-refractivity contribution in [2.24, 2.45) is 0 Å². The van der Waals surface area contributed by atoms with E-state index in [1.165, 1.54) is 11.1 Å². The highest BCUT2D eigenvalue weighted by atomic mass is 16.2. The number of fused-ring (bicyclic) bond motifs is 1. The minimum absolute atomic E-state index is 0.244. The Kier molecular flexibility index (Phi) is 4.05. The van der Waals surface area contributed by atoms with Gasteiger partial charge in [-0.2, -0.15) is 0 Å². The standard InChI is InChI=1S/C17H23N3O2/c1-11-5-8-15-13(10-11)4-3-9-20(15)12(2)16(21)19-17(22)18-14-6-7-14/h5,8,10,12,14H,3-4,6-7,9H2,1-2H3,(H2,18,19,21,22)/t12-/m0/s1. The largest absolute Gasteiger partial charge is 0.360 e. The van der Waals surface area contributed by atoms with E-state index in [2.05, 4.69) is 40.7 Å². The lowest BCUT2D eigenvalue weighted by atomic mass is 9.98. The SMILES string of the molecule is Cc1ccc2c(c1)CCCN2[C@@H](C)C(=O)NC(=O)NC1CC1. The van der Waals surface area contributed by atoms with Crippen LogP contribution < -0.4 is 15.5 Å². The van der Waals surface area contributed by atoms with Crippen LogP contribution in [0.1, 0.15) is 37.3 Å². The van der Waals surface area contributed by atoms with Gasteiger partial charge in [0.15, 0.2) is 0 Å². The molecule has 1 atom stereocenters. The maximum atomic E-state index is 12.3. The summed E-state index contributed by atoms with van der Waals surface area (Å²) in [6.07, 6.45) is 4.10. The van der Waals surface area contributed by atoms with Crippen LogP contribution in [0.15, 0.2) is 18.2 Å². The first-order valence-corrected chi connectivity index (χ1v) is 8.02. The fourth-order valence-electron chi connectivity index (χ4n) is 2.96. The van der Waals surface area contributed by atoms with Gasteiger partial charge in [0.05, 0.1) is 0 Å². The zero-order chi connectivity index (χ0) is 15.7. The quantitative estimate of drug-likeness (QED) is 0.899. The van der Waals surface area contributed by atoms with E-state index in [0.717, 1.165) is 37.9 Å². The summed E-state index contributed by atoms with van der Waals surface area (Å²) >= 11 is 0. The molecular weight excluding hydrogens is 278 g/mol. The fourth-order valence-corrected chi connectivity index (χ4v) is 2.96. The highest BCUT2D eigenvalue weighted by molar-refractivity contribution is 5.98. The molecule has 1 heterocycles. The van der Waals surface area contributed by atoms with Crippen molar-refractivity contribution in [3.63, 3.8) is 0 Å². The van der Waals surface area contributed by atoms with Crippen molar-refractivity contribution in [2.75, 3.05) is 11.4 Å². The minimum atomic E-state index is -0.375. The summed E-state index contributed by atoms with van der Waals surface area (Å²) in [6, 6.07) is 5.86. The smallest absolute Gasteiger partial charge is 0.321 e. The van der Waals surface area contributed by atoms with Crippen molar-refractivity contribution >= 4 is 17.6 Å². The summed E-state index contributed by atoms with van der Waals surface area (Å²) in [5.74, 6) is -0.244. The molecule has 2 N–H and O–H groups in total. The number of hydrogen-bond donors (Lipinski definition) is 2. The van der Waals surface area contributed by atoms with Gasteiger partial charge in [-0.1, -0.05) is 17.7 Å². The summed E-state index contributed by atoms with van der Waals surface area (Å²) < 4.78 is 0. The molecular formula is C17H23N3O2. The average molecular weight is 301 g/mol. The molecule has 1 aliphatic carbocycles. The van der Waals surface area contributed by atoms with Crippen molar-refractivity contribution in [1.29, 1.82) is 0 Å². The molecule has 1 aliphatic heterocycles. The van der Waals surface area contributed by atoms with Crippen LogP contribution >= 0.6 is 0 Å². The van der Waals surface area contributed by atoms with Crippen LogP contribution in [0, 0.1) is 6.92 Å². The van der Waals surface area contributed by atoms with Crippen LogP contribution in [-0.2, 0) is 11.2 Å². The topological polar surface area (TPSA) is 61.4 Å². The van der Waals surface area contributed by atoms with Crippen LogP contribution in [0.2, 0.25) is 0 Å². The molecule has 1 aromatic rings. The molecule has 0 unspecified atom stereocenters. The maximum Gasteiger partial charge on any atom is 0.321 e. The Morgan fingerprint density at radius 2 is 2.09 bits per heavy atom. The Labute approximate surface area is 131 Å². The van der Waals surface area contributed by atoms with Gasteiger partial charge < -0.3 is 10.2 Å². The summed E-state index contributed by atoms with van der Waals surface area (Å²) in [5.41, 5.74) is 3.64. The molecule has 0 bridgehead atoms. The molecule has 3 rings (SSSR count). The molecule has 1 aromatic carbocycles. The van der Waals surface area contributed by atoms with Crippen LogP contribution in [0.3, 0.4) is 0 Å². The third-order valence-electron chi connectivity index (χ3n) is 4.39. The number of rotatable bonds is 3. The van der Waals surface area contributed by atoms with Gasteiger partial charge in [0.25, 0.3) is 0 Å². The van der Waals surface area contributed by atoms with E-state index in [-0.39, 0.29) is 24.0 Å². The lowest BCUT2D eigenvalue weighted by Gasteiger charge is -2.35. The van der Waals surface area contributed by atoms with Gasteiger partial charge in [0.2, 0.25) is 5.91 Å². The van der Waals surface area contributed by atoms with Gasteiger partial charge in [0.1, 0.15) is 6.04 Å². The Balaban J connectivity index is 1.68. The molecule has 0 spiro atoms. The highest BCUT2D eigenvalue weighted by Crippen LogP contribution is 2.29. The van der Waals surface area contributed by atoms with E-state index < -0.39 is 0 Å². The van der Waals surface area contributed by atoms with Crippen molar-refractivity contribution in [1.82, 2.24) is 10.6 Å². The van der Waals surface area contributed by atoms with Crippen molar-refractivity contribution in [2.45, 2.75) is 51.6 Å². The first kappa shape index (κ1) is 14.9. The fraction of sp³-hybridized carbons (Fsp3) is 0.529. The monoisotopic (exact) mass is 301 g/mol. The van der Waals surface area contributed by atoms with E-state index in [1.54, 1.807) is 0 Å². The Morgan fingerprint density at radius 3 is 2.82 bits per heavy atom. The van der Waals surface area contributed by atoms with E-state index >= 15 is 0 Å². The lowest BCUT2D eigenvalue weighted by molar-refractivity contribution is -0.121. The Hall–Kier alpha value is -2.04. The first-order chi connectivity index (χ1) is 10.5. The molecule has 3 amide bonds. The van der Waals surface area contributed by atoms with Crippen LogP contribution in [0.25, 0.3) is 0 Å². The molecule has 5 nitrogen and oxygen atoms in total. The zero-order valence-corrected chi connectivity index (χ0v) is 13.2. The number of carbonyl (C=O) groups is 2. The molecule has 0 saturated heterocycles. The second-order valence-corrected chi connectivity index (χ2v) is 6.34. The third kappa shape index (κ3) is 3.24. The van der Waals surface area contributed by atoms with E-state index in [4.69, 9.17) is 0 Å². The zero-order valence-electron chi connectivity index (χ0n) is 13.2. The van der Waals surface area contributed by atoms with Crippen molar-refractivity contribution in [3.05, 3.63) is 29.3 Å². The van der Waals surface area contributed by atoms with Crippen molar-refractivity contribution in [3.8, 4) is 0 Å². The van der Waals surface area contributed by atoms with Gasteiger partial charge >= 0.3 is 6.03 Å². The number of nitrogens with one attached hydrogen (secondary N) is 2. The number of amides is 3. The third-order valence-corrected chi connectivity index (χ3v) is 4.39. The van der Waals surface area contributed by atoms with E-state index in [0.29, 0.717) is 0 Å².